The zero-order valence-corrected chi connectivity index (χ0v) is 15.4. The molecule has 2 saturated carbocycles. The number of esters is 1. The van der Waals surface area contributed by atoms with Gasteiger partial charge in [-0.25, -0.2) is 0 Å². The number of allylic oxidation sites excluding steroid dienone is 2. The number of ketones is 1. The lowest BCUT2D eigenvalue weighted by molar-refractivity contribution is -0.191. The Hall–Kier alpha value is -1.20. The van der Waals surface area contributed by atoms with Gasteiger partial charge in [0.15, 0.2) is 12.1 Å². The van der Waals surface area contributed by atoms with Gasteiger partial charge in [0.25, 0.3) is 0 Å². The van der Waals surface area contributed by atoms with Crippen LogP contribution >= 0.6 is 0 Å². The molecule has 0 N–H and O–H groups in total. The summed E-state index contributed by atoms with van der Waals surface area (Å²) >= 11 is 0. The SMILES string of the molecule is CCCCCC=CC1C2C(OC3CCCCO3)CC(=O)C12C(=O)OC. The smallest absolute Gasteiger partial charge is 0.320 e. The number of carbonyl (C=O) groups excluding carboxylic acids is 2. The number of fused-ring (bicyclic) bond motifs is 1. The first-order chi connectivity index (χ1) is 12.2. The molecular formula is C20H30O5. The van der Waals surface area contributed by atoms with E-state index in [0.29, 0.717) is 13.0 Å². The molecule has 5 nitrogen and oxygen atoms in total. The Morgan fingerprint density at radius 1 is 1.36 bits per heavy atom. The van der Waals surface area contributed by atoms with Gasteiger partial charge in [0, 0.05) is 24.9 Å². The molecule has 25 heavy (non-hydrogen) atoms. The van der Waals surface area contributed by atoms with Gasteiger partial charge in [-0.2, -0.15) is 0 Å². The second kappa shape index (κ2) is 8.00. The zero-order valence-electron chi connectivity index (χ0n) is 15.4. The topological polar surface area (TPSA) is 61.8 Å². The third kappa shape index (κ3) is 3.41. The van der Waals surface area contributed by atoms with E-state index in [9.17, 15) is 9.59 Å². The third-order valence-corrected chi connectivity index (χ3v) is 5.88. The maximum absolute atomic E-state index is 12.7. The van der Waals surface area contributed by atoms with Crippen molar-refractivity contribution in [2.75, 3.05) is 13.7 Å². The highest BCUT2D eigenvalue weighted by atomic mass is 16.7. The molecule has 3 fully saturated rings. The van der Waals surface area contributed by atoms with E-state index < -0.39 is 11.4 Å². The van der Waals surface area contributed by atoms with Gasteiger partial charge in [0.1, 0.15) is 5.41 Å². The van der Waals surface area contributed by atoms with E-state index in [1.807, 2.05) is 6.08 Å². The molecule has 0 aromatic rings. The normalized spacial score (nSPS) is 37.3. The first-order valence-corrected chi connectivity index (χ1v) is 9.71. The predicted octanol–water partition coefficient (Wildman–Crippen LogP) is 3.41. The molecule has 5 heteroatoms. The van der Waals surface area contributed by atoms with Gasteiger partial charge < -0.3 is 14.2 Å². The minimum absolute atomic E-state index is 0.0339. The predicted molar refractivity (Wildman–Crippen MR) is 92.8 cm³/mol. The molecule has 0 radical (unpaired) electrons. The van der Waals surface area contributed by atoms with Crippen LogP contribution in [0.3, 0.4) is 0 Å². The standard InChI is InChI=1S/C20H30O5/c1-3-4-5-6-7-10-14-18-15(25-17-11-8-9-12-24-17)13-16(21)20(14,18)19(22)23-2/h7,10,14-15,17-18H,3-6,8-9,11-13H2,1-2H3. The highest BCUT2D eigenvalue weighted by Crippen LogP contribution is 2.68. The number of carbonyl (C=O) groups is 2. The number of hydrogen-bond acceptors (Lipinski definition) is 5. The average Bonchev–Trinajstić information content (AvgIpc) is 3.21. The van der Waals surface area contributed by atoms with Crippen LogP contribution in [0.2, 0.25) is 0 Å². The second-order valence-electron chi connectivity index (χ2n) is 7.43. The lowest BCUT2D eigenvalue weighted by Gasteiger charge is -2.26. The van der Waals surface area contributed by atoms with Gasteiger partial charge in [-0.1, -0.05) is 31.9 Å². The van der Waals surface area contributed by atoms with Crippen LogP contribution in [0.15, 0.2) is 12.2 Å². The maximum Gasteiger partial charge on any atom is 0.320 e. The highest BCUT2D eigenvalue weighted by molar-refractivity contribution is 6.11. The summed E-state index contributed by atoms with van der Waals surface area (Å²) in [7, 11) is 1.36. The van der Waals surface area contributed by atoms with E-state index in [0.717, 1.165) is 32.1 Å². The molecule has 1 saturated heterocycles. The van der Waals surface area contributed by atoms with Crippen LogP contribution in [0, 0.1) is 17.3 Å². The summed E-state index contributed by atoms with van der Waals surface area (Å²) in [6, 6.07) is 0. The Bertz CT molecular complexity index is 522. The van der Waals surface area contributed by atoms with Crippen LogP contribution in [-0.4, -0.2) is 37.9 Å². The van der Waals surface area contributed by atoms with Gasteiger partial charge in [-0.15, -0.1) is 0 Å². The largest absolute Gasteiger partial charge is 0.468 e. The average molecular weight is 350 g/mol. The number of methoxy groups -OCH3 is 1. The van der Waals surface area contributed by atoms with Crippen LogP contribution in [-0.2, 0) is 23.8 Å². The Morgan fingerprint density at radius 3 is 2.88 bits per heavy atom. The fourth-order valence-electron chi connectivity index (χ4n) is 4.54. The van der Waals surface area contributed by atoms with Crippen molar-refractivity contribution in [2.45, 2.75) is 70.7 Å². The van der Waals surface area contributed by atoms with Crippen LogP contribution in [0.5, 0.6) is 0 Å². The van der Waals surface area contributed by atoms with Crippen molar-refractivity contribution < 1.29 is 23.8 Å². The summed E-state index contributed by atoms with van der Waals surface area (Å²) in [5.74, 6) is -0.619. The molecule has 0 amide bonds. The fourth-order valence-corrected chi connectivity index (χ4v) is 4.54. The van der Waals surface area contributed by atoms with Crippen LogP contribution in [0.4, 0.5) is 0 Å². The molecule has 5 atom stereocenters. The molecule has 2 aliphatic carbocycles. The molecular weight excluding hydrogens is 320 g/mol. The van der Waals surface area contributed by atoms with E-state index in [-0.39, 0.29) is 30.0 Å². The molecule has 1 aliphatic heterocycles. The summed E-state index contributed by atoms with van der Waals surface area (Å²) in [6.07, 6.45) is 11.5. The molecule has 0 spiro atoms. The summed E-state index contributed by atoms with van der Waals surface area (Å²) in [5, 5.41) is 0. The van der Waals surface area contributed by atoms with Crippen LogP contribution in [0.25, 0.3) is 0 Å². The van der Waals surface area contributed by atoms with Crippen molar-refractivity contribution in [1.29, 1.82) is 0 Å². The fraction of sp³-hybridized carbons (Fsp3) is 0.800. The first kappa shape index (κ1) is 18.6. The quantitative estimate of drug-likeness (QED) is 0.290. The molecule has 3 aliphatic rings. The van der Waals surface area contributed by atoms with Crippen molar-refractivity contribution in [3.05, 3.63) is 12.2 Å². The van der Waals surface area contributed by atoms with Crippen molar-refractivity contribution in [3.63, 3.8) is 0 Å². The summed E-state index contributed by atoms with van der Waals surface area (Å²) in [6.45, 7) is 2.88. The molecule has 3 rings (SSSR count). The Balaban J connectivity index is 1.67. The van der Waals surface area contributed by atoms with Crippen LogP contribution in [0.1, 0.15) is 58.3 Å². The van der Waals surface area contributed by atoms with Crippen molar-refractivity contribution in [3.8, 4) is 0 Å². The minimum atomic E-state index is -1.00. The first-order valence-electron chi connectivity index (χ1n) is 9.71. The number of Topliss-reactive ketones (excluding diaryl/α,β-unsaturated/α-hetero) is 1. The van der Waals surface area contributed by atoms with Gasteiger partial charge in [-0.3, -0.25) is 9.59 Å². The minimum Gasteiger partial charge on any atom is -0.468 e. The van der Waals surface area contributed by atoms with E-state index >= 15 is 0 Å². The van der Waals surface area contributed by atoms with Gasteiger partial charge in [0.05, 0.1) is 13.2 Å². The highest BCUT2D eigenvalue weighted by Gasteiger charge is 2.80. The molecule has 0 aromatic carbocycles. The van der Waals surface area contributed by atoms with Crippen LogP contribution < -0.4 is 0 Å². The summed E-state index contributed by atoms with van der Waals surface area (Å²) < 4.78 is 16.7. The van der Waals surface area contributed by atoms with E-state index in [2.05, 4.69) is 13.0 Å². The van der Waals surface area contributed by atoms with E-state index in [4.69, 9.17) is 14.2 Å². The summed E-state index contributed by atoms with van der Waals surface area (Å²) in [4.78, 5) is 25.1. The lowest BCUT2D eigenvalue weighted by atomic mass is 9.97. The van der Waals surface area contributed by atoms with Gasteiger partial charge in [-0.05, 0) is 32.1 Å². The molecule has 140 valence electrons. The van der Waals surface area contributed by atoms with Gasteiger partial charge >= 0.3 is 5.97 Å². The number of rotatable bonds is 8. The lowest BCUT2D eigenvalue weighted by Crippen LogP contribution is -2.29. The summed E-state index contributed by atoms with van der Waals surface area (Å²) in [5.41, 5.74) is -1.00. The maximum atomic E-state index is 12.7. The molecule has 0 bridgehead atoms. The van der Waals surface area contributed by atoms with Crippen molar-refractivity contribution >= 4 is 11.8 Å². The monoisotopic (exact) mass is 350 g/mol. The number of hydrogen-bond donors (Lipinski definition) is 0. The van der Waals surface area contributed by atoms with E-state index in [1.54, 1.807) is 0 Å². The van der Waals surface area contributed by atoms with E-state index in [1.165, 1.54) is 20.0 Å². The molecule has 5 unspecified atom stereocenters. The molecule has 1 heterocycles. The second-order valence-corrected chi connectivity index (χ2v) is 7.43. The Labute approximate surface area is 150 Å². The third-order valence-electron chi connectivity index (χ3n) is 5.88. The van der Waals surface area contributed by atoms with Crippen molar-refractivity contribution in [1.82, 2.24) is 0 Å². The number of ether oxygens (including phenoxy) is 3. The zero-order chi connectivity index (χ0) is 17.9. The molecule has 0 aromatic heterocycles. The number of unbranched alkanes of at least 4 members (excludes halogenated alkanes) is 3. The Kier molecular flexibility index (Phi) is 5.95. The Morgan fingerprint density at radius 2 is 2.20 bits per heavy atom. The van der Waals surface area contributed by atoms with Crippen molar-refractivity contribution in [2.24, 2.45) is 17.3 Å². The van der Waals surface area contributed by atoms with Gasteiger partial charge in [0.2, 0.25) is 0 Å².